The Morgan fingerprint density at radius 2 is 1.00 bits per heavy atom. The molecule has 0 aliphatic carbocycles. The number of benzene rings is 4. The fourth-order valence-electron chi connectivity index (χ4n) is 3.33. The van der Waals surface area contributed by atoms with Crippen LogP contribution < -0.4 is 5.73 Å². The van der Waals surface area contributed by atoms with Gasteiger partial charge in [0.05, 0.1) is 0 Å². The van der Waals surface area contributed by atoms with E-state index in [-0.39, 0.29) is 0 Å². The predicted molar refractivity (Wildman–Crippen MR) is 112 cm³/mol. The smallest absolute Gasteiger partial charge is 0.0394 e. The highest BCUT2D eigenvalue weighted by Gasteiger charge is 2.08. The van der Waals surface area contributed by atoms with Crippen molar-refractivity contribution in [2.75, 3.05) is 5.73 Å². The van der Waals surface area contributed by atoms with Gasteiger partial charge in [0.15, 0.2) is 0 Å². The molecule has 4 aromatic carbocycles. The van der Waals surface area contributed by atoms with Crippen LogP contribution in [-0.4, -0.2) is 0 Å². The van der Waals surface area contributed by atoms with Gasteiger partial charge in [0.25, 0.3) is 0 Å². The summed E-state index contributed by atoms with van der Waals surface area (Å²) < 4.78 is 0. The van der Waals surface area contributed by atoms with Crippen molar-refractivity contribution in [1.82, 2.24) is 0 Å². The fraction of sp³-hybridized carbons (Fsp3) is 0.0400. The molecule has 4 rings (SSSR count). The standard InChI is InChI=1S/C25H21N/c1-18-12-13-21(16-23(18)19-8-4-2-5-9-19)22-14-15-25(26)24(17-22)20-10-6-3-7-11-20/h2-17H,26H2,1H3. The predicted octanol–water partition coefficient (Wildman–Crippen LogP) is 6.58. The lowest BCUT2D eigenvalue weighted by atomic mass is 9.93. The van der Waals surface area contributed by atoms with E-state index in [2.05, 4.69) is 79.7 Å². The molecule has 26 heavy (non-hydrogen) atoms. The summed E-state index contributed by atoms with van der Waals surface area (Å²) in [6, 6.07) is 33.8. The molecule has 0 aromatic heterocycles. The highest BCUT2D eigenvalue weighted by molar-refractivity contribution is 5.83. The van der Waals surface area contributed by atoms with Crippen LogP contribution in [0.1, 0.15) is 5.56 Å². The van der Waals surface area contributed by atoms with Gasteiger partial charge >= 0.3 is 0 Å². The highest BCUT2D eigenvalue weighted by atomic mass is 14.6. The van der Waals surface area contributed by atoms with Crippen molar-refractivity contribution in [3.63, 3.8) is 0 Å². The molecule has 4 aromatic rings. The van der Waals surface area contributed by atoms with Crippen LogP contribution in [0.2, 0.25) is 0 Å². The number of nitrogen functional groups attached to an aromatic ring is 1. The van der Waals surface area contributed by atoms with Gasteiger partial charge in [0, 0.05) is 11.3 Å². The molecular formula is C25H21N. The summed E-state index contributed by atoms with van der Waals surface area (Å²) in [5.74, 6) is 0. The van der Waals surface area contributed by atoms with E-state index in [0.29, 0.717) is 0 Å². The minimum Gasteiger partial charge on any atom is -0.398 e. The van der Waals surface area contributed by atoms with Gasteiger partial charge in [0.1, 0.15) is 0 Å². The molecule has 1 heteroatoms. The summed E-state index contributed by atoms with van der Waals surface area (Å²) >= 11 is 0. The lowest BCUT2D eigenvalue weighted by Crippen LogP contribution is -1.91. The van der Waals surface area contributed by atoms with Crippen LogP contribution in [-0.2, 0) is 0 Å². The summed E-state index contributed by atoms with van der Waals surface area (Å²) in [6.07, 6.45) is 0. The Hall–Kier alpha value is -3.32. The molecule has 2 N–H and O–H groups in total. The Bertz CT molecular complexity index is 947. The summed E-state index contributed by atoms with van der Waals surface area (Å²) in [6.45, 7) is 2.16. The number of hydrogen-bond acceptors (Lipinski definition) is 1. The fourth-order valence-corrected chi connectivity index (χ4v) is 3.33. The molecule has 0 saturated carbocycles. The third kappa shape index (κ3) is 3.12. The normalized spacial score (nSPS) is 10.7. The molecule has 0 spiro atoms. The maximum atomic E-state index is 6.24. The zero-order valence-electron chi connectivity index (χ0n) is 14.8. The topological polar surface area (TPSA) is 26.0 Å². The van der Waals surface area contributed by atoms with Crippen LogP contribution in [0.3, 0.4) is 0 Å². The van der Waals surface area contributed by atoms with Gasteiger partial charge in [0.2, 0.25) is 0 Å². The number of aryl methyl sites for hydroxylation is 1. The van der Waals surface area contributed by atoms with E-state index in [1.165, 1.54) is 27.8 Å². The SMILES string of the molecule is Cc1ccc(-c2ccc(N)c(-c3ccccc3)c2)cc1-c1ccccc1. The first kappa shape index (κ1) is 16.2. The molecule has 0 atom stereocenters. The lowest BCUT2D eigenvalue weighted by molar-refractivity contribution is 1.45. The first-order valence-electron chi connectivity index (χ1n) is 8.84. The minimum absolute atomic E-state index is 0.801. The molecule has 0 bridgehead atoms. The van der Waals surface area contributed by atoms with Crippen molar-refractivity contribution in [3.05, 3.63) is 103 Å². The van der Waals surface area contributed by atoms with E-state index in [4.69, 9.17) is 5.73 Å². The van der Waals surface area contributed by atoms with E-state index in [1.54, 1.807) is 0 Å². The number of hydrogen-bond donors (Lipinski definition) is 1. The Kier molecular flexibility index (Phi) is 4.28. The molecule has 0 heterocycles. The Balaban J connectivity index is 1.82. The van der Waals surface area contributed by atoms with Crippen LogP contribution >= 0.6 is 0 Å². The molecule has 126 valence electrons. The summed E-state index contributed by atoms with van der Waals surface area (Å²) in [4.78, 5) is 0. The molecule has 0 amide bonds. The van der Waals surface area contributed by atoms with Crippen molar-refractivity contribution in [2.45, 2.75) is 6.92 Å². The summed E-state index contributed by atoms with van der Waals surface area (Å²) in [5, 5.41) is 0. The van der Waals surface area contributed by atoms with Gasteiger partial charge in [-0.05, 0) is 58.5 Å². The van der Waals surface area contributed by atoms with Gasteiger partial charge in [-0.15, -0.1) is 0 Å². The molecule has 0 aliphatic heterocycles. The van der Waals surface area contributed by atoms with Gasteiger partial charge in [-0.1, -0.05) is 78.9 Å². The van der Waals surface area contributed by atoms with Crippen molar-refractivity contribution in [1.29, 1.82) is 0 Å². The highest BCUT2D eigenvalue weighted by Crippen LogP contribution is 2.33. The third-order valence-electron chi connectivity index (χ3n) is 4.79. The van der Waals surface area contributed by atoms with Crippen LogP contribution in [0.5, 0.6) is 0 Å². The van der Waals surface area contributed by atoms with Crippen LogP contribution in [0, 0.1) is 6.92 Å². The maximum absolute atomic E-state index is 6.24. The average Bonchev–Trinajstić information content (AvgIpc) is 2.70. The van der Waals surface area contributed by atoms with Crippen LogP contribution in [0.25, 0.3) is 33.4 Å². The largest absolute Gasteiger partial charge is 0.398 e. The quantitative estimate of drug-likeness (QED) is 0.421. The minimum atomic E-state index is 0.801. The van der Waals surface area contributed by atoms with Crippen molar-refractivity contribution < 1.29 is 0 Å². The molecule has 0 radical (unpaired) electrons. The van der Waals surface area contributed by atoms with E-state index in [0.717, 1.165) is 16.8 Å². The molecular weight excluding hydrogens is 314 g/mol. The van der Waals surface area contributed by atoms with E-state index in [9.17, 15) is 0 Å². The van der Waals surface area contributed by atoms with Crippen molar-refractivity contribution >= 4 is 5.69 Å². The Labute approximate surface area is 154 Å². The van der Waals surface area contributed by atoms with Gasteiger partial charge in [-0.2, -0.15) is 0 Å². The third-order valence-corrected chi connectivity index (χ3v) is 4.79. The van der Waals surface area contributed by atoms with Crippen molar-refractivity contribution in [3.8, 4) is 33.4 Å². The average molecular weight is 335 g/mol. The second-order valence-corrected chi connectivity index (χ2v) is 6.56. The number of anilines is 1. The van der Waals surface area contributed by atoms with E-state index in [1.807, 2.05) is 24.3 Å². The Morgan fingerprint density at radius 3 is 1.62 bits per heavy atom. The summed E-state index contributed by atoms with van der Waals surface area (Å²) in [5.41, 5.74) is 15.4. The van der Waals surface area contributed by atoms with Crippen LogP contribution in [0.15, 0.2) is 97.1 Å². The molecule has 0 aliphatic rings. The molecule has 1 nitrogen and oxygen atoms in total. The number of nitrogens with two attached hydrogens (primary N) is 1. The van der Waals surface area contributed by atoms with E-state index >= 15 is 0 Å². The molecule has 0 fully saturated rings. The monoisotopic (exact) mass is 335 g/mol. The zero-order chi connectivity index (χ0) is 17.9. The first-order chi connectivity index (χ1) is 12.7. The van der Waals surface area contributed by atoms with Gasteiger partial charge < -0.3 is 5.73 Å². The van der Waals surface area contributed by atoms with Crippen molar-refractivity contribution in [2.24, 2.45) is 0 Å². The Morgan fingerprint density at radius 1 is 0.500 bits per heavy atom. The second-order valence-electron chi connectivity index (χ2n) is 6.56. The number of rotatable bonds is 3. The van der Waals surface area contributed by atoms with Gasteiger partial charge in [-0.3, -0.25) is 0 Å². The summed E-state index contributed by atoms with van der Waals surface area (Å²) in [7, 11) is 0. The second kappa shape index (κ2) is 6.89. The van der Waals surface area contributed by atoms with E-state index < -0.39 is 0 Å². The zero-order valence-corrected chi connectivity index (χ0v) is 14.8. The molecule has 0 unspecified atom stereocenters. The molecule has 0 saturated heterocycles. The lowest BCUT2D eigenvalue weighted by Gasteiger charge is -2.12. The van der Waals surface area contributed by atoms with Crippen LogP contribution in [0.4, 0.5) is 5.69 Å². The first-order valence-corrected chi connectivity index (χ1v) is 8.84. The maximum Gasteiger partial charge on any atom is 0.0394 e. The van der Waals surface area contributed by atoms with Gasteiger partial charge in [-0.25, -0.2) is 0 Å².